The fourth-order valence-corrected chi connectivity index (χ4v) is 1.64. The summed E-state index contributed by atoms with van der Waals surface area (Å²) < 4.78 is 0. The van der Waals surface area contributed by atoms with E-state index in [0.29, 0.717) is 29.5 Å². The number of aryl methyl sites for hydroxylation is 1. The van der Waals surface area contributed by atoms with Crippen LogP contribution in [0.25, 0.3) is 0 Å². The van der Waals surface area contributed by atoms with Gasteiger partial charge in [0.25, 0.3) is 0 Å². The Balaban J connectivity index is 3.25. The monoisotopic (exact) mass is 241 g/mol. The highest BCUT2D eigenvalue weighted by molar-refractivity contribution is 6.32. The molecule has 0 aliphatic heterocycles. The summed E-state index contributed by atoms with van der Waals surface area (Å²) in [5, 5.41) is 0.215. The zero-order valence-electron chi connectivity index (χ0n) is 9.99. The Bertz CT molecular complexity index is 395. The smallest absolute Gasteiger partial charge is 0.156 e. The van der Waals surface area contributed by atoms with Crippen LogP contribution in [0.1, 0.15) is 36.5 Å². The van der Waals surface area contributed by atoms with E-state index < -0.39 is 0 Å². The Morgan fingerprint density at radius 2 is 2.12 bits per heavy atom. The predicted molar refractivity (Wildman–Crippen MR) is 65.3 cm³/mol. The molecule has 0 aliphatic rings. The van der Waals surface area contributed by atoms with Crippen molar-refractivity contribution in [2.75, 3.05) is 11.9 Å². The van der Waals surface area contributed by atoms with E-state index in [1.54, 1.807) is 6.92 Å². The molecule has 0 saturated carbocycles. The maximum atomic E-state index is 11.0. The van der Waals surface area contributed by atoms with Gasteiger partial charge in [-0.25, -0.2) is 9.97 Å². The first-order valence-corrected chi connectivity index (χ1v) is 5.61. The molecule has 4 nitrogen and oxygen atoms in total. The van der Waals surface area contributed by atoms with Crippen LogP contribution in [0.15, 0.2) is 0 Å². The zero-order chi connectivity index (χ0) is 12.3. The van der Waals surface area contributed by atoms with Gasteiger partial charge in [0.2, 0.25) is 0 Å². The van der Waals surface area contributed by atoms with Crippen LogP contribution in [0.5, 0.6) is 0 Å². The Hall–Kier alpha value is -1.16. The summed E-state index contributed by atoms with van der Waals surface area (Å²) in [4.78, 5) is 21.2. The predicted octanol–water partition coefficient (Wildman–Crippen LogP) is 2.49. The maximum Gasteiger partial charge on any atom is 0.156 e. The van der Waals surface area contributed by atoms with Crippen LogP contribution in [0, 0.1) is 6.92 Å². The summed E-state index contributed by atoms with van der Waals surface area (Å²) in [6, 6.07) is 0.295. The third-order valence-corrected chi connectivity index (χ3v) is 2.98. The van der Waals surface area contributed by atoms with Crippen LogP contribution in [0.4, 0.5) is 5.82 Å². The minimum absolute atomic E-state index is 0.215. The average Bonchev–Trinajstić information content (AvgIpc) is 2.26. The second-order valence-corrected chi connectivity index (χ2v) is 4.14. The van der Waals surface area contributed by atoms with Crippen LogP contribution in [-0.2, 0) is 0 Å². The highest BCUT2D eigenvalue weighted by Crippen LogP contribution is 2.23. The topological polar surface area (TPSA) is 46.1 Å². The number of anilines is 1. The van der Waals surface area contributed by atoms with Crippen molar-refractivity contribution in [2.24, 2.45) is 0 Å². The number of rotatable bonds is 4. The standard InChI is InChI=1S/C11H16ClN3O/c1-5-7(2)15(4)11-9(6-16)10(12)13-8(3)14-11/h6-7H,5H2,1-4H3. The first-order valence-electron chi connectivity index (χ1n) is 5.23. The summed E-state index contributed by atoms with van der Waals surface area (Å²) in [7, 11) is 1.90. The van der Waals surface area contributed by atoms with Gasteiger partial charge in [-0.05, 0) is 20.3 Å². The SMILES string of the molecule is CCC(C)N(C)c1nc(C)nc(Cl)c1C=O. The van der Waals surface area contributed by atoms with E-state index in [1.807, 2.05) is 11.9 Å². The van der Waals surface area contributed by atoms with Crippen molar-refractivity contribution in [1.82, 2.24) is 9.97 Å². The Labute approximate surface area is 101 Å². The van der Waals surface area contributed by atoms with Gasteiger partial charge in [0, 0.05) is 13.1 Å². The van der Waals surface area contributed by atoms with Gasteiger partial charge in [0.1, 0.15) is 16.8 Å². The van der Waals surface area contributed by atoms with Gasteiger partial charge in [-0.15, -0.1) is 0 Å². The molecule has 0 aromatic carbocycles. The minimum atomic E-state index is 0.215. The van der Waals surface area contributed by atoms with Crippen molar-refractivity contribution in [3.8, 4) is 0 Å². The Morgan fingerprint density at radius 3 is 2.62 bits per heavy atom. The number of hydrogen-bond donors (Lipinski definition) is 0. The van der Waals surface area contributed by atoms with Crippen LogP contribution < -0.4 is 4.90 Å². The lowest BCUT2D eigenvalue weighted by atomic mass is 10.2. The molecule has 0 aliphatic carbocycles. The molecule has 1 atom stereocenters. The molecule has 1 heterocycles. The number of carbonyl (C=O) groups excluding carboxylic acids is 1. The first kappa shape index (κ1) is 12.9. The van der Waals surface area contributed by atoms with Gasteiger partial charge >= 0.3 is 0 Å². The maximum absolute atomic E-state index is 11.0. The van der Waals surface area contributed by atoms with Gasteiger partial charge in [0.15, 0.2) is 6.29 Å². The molecule has 0 saturated heterocycles. The molecule has 0 fully saturated rings. The third kappa shape index (κ3) is 2.50. The quantitative estimate of drug-likeness (QED) is 0.600. The van der Waals surface area contributed by atoms with Crippen LogP contribution in [0.2, 0.25) is 5.15 Å². The van der Waals surface area contributed by atoms with E-state index in [1.165, 1.54) is 0 Å². The second-order valence-electron chi connectivity index (χ2n) is 3.78. The summed E-state index contributed by atoms with van der Waals surface area (Å²) in [5.41, 5.74) is 0.357. The molecule has 88 valence electrons. The lowest BCUT2D eigenvalue weighted by Gasteiger charge is -2.26. The van der Waals surface area contributed by atoms with Crippen LogP contribution in [0.3, 0.4) is 0 Å². The molecule has 0 bridgehead atoms. The molecule has 1 rings (SSSR count). The first-order chi connectivity index (χ1) is 7.51. The fraction of sp³-hybridized carbons (Fsp3) is 0.545. The van der Waals surface area contributed by atoms with Crippen LogP contribution in [-0.4, -0.2) is 29.3 Å². The van der Waals surface area contributed by atoms with Crippen LogP contribution >= 0.6 is 11.6 Å². The molecule has 0 radical (unpaired) electrons. The van der Waals surface area contributed by atoms with Gasteiger partial charge in [-0.2, -0.15) is 0 Å². The molecule has 5 heteroatoms. The number of nitrogens with zero attached hydrogens (tertiary/aromatic N) is 3. The number of halogens is 1. The van der Waals surface area contributed by atoms with Gasteiger partial charge in [-0.1, -0.05) is 18.5 Å². The second kappa shape index (κ2) is 5.25. The number of aromatic nitrogens is 2. The molecule has 1 aromatic rings. The summed E-state index contributed by atoms with van der Waals surface area (Å²) in [6.45, 7) is 5.91. The van der Waals surface area contributed by atoms with E-state index >= 15 is 0 Å². The molecular weight excluding hydrogens is 226 g/mol. The van der Waals surface area contributed by atoms with Crippen molar-refractivity contribution in [3.05, 3.63) is 16.5 Å². The molecule has 0 N–H and O–H groups in total. The number of carbonyl (C=O) groups is 1. The fourth-order valence-electron chi connectivity index (χ4n) is 1.39. The molecule has 1 aromatic heterocycles. The Kier molecular flexibility index (Phi) is 4.24. The van der Waals surface area contributed by atoms with Crippen molar-refractivity contribution < 1.29 is 4.79 Å². The van der Waals surface area contributed by atoms with Crippen molar-refractivity contribution in [1.29, 1.82) is 0 Å². The minimum Gasteiger partial charge on any atom is -0.356 e. The van der Waals surface area contributed by atoms with E-state index in [-0.39, 0.29) is 5.15 Å². The van der Waals surface area contributed by atoms with E-state index in [0.717, 1.165) is 6.42 Å². The van der Waals surface area contributed by atoms with Gasteiger partial charge < -0.3 is 4.90 Å². The lowest BCUT2D eigenvalue weighted by molar-refractivity contribution is 0.112. The Morgan fingerprint density at radius 1 is 1.50 bits per heavy atom. The number of hydrogen-bond acceptors (Lipinski definition) is 4. The van der Waals surface area contributed by atoms with Crippen molar-refractivity contribution in [2.45, 2.75) is 33.2 Å². The molecule has 1 unspecified atom stereocenters. The van der Waals surface area contributed by atoms with Gasteiger partial charge in [-0.3, -0.25) is 4.79 Å². The average molecular weight is 242 g/mol. The third-order valence-electron chi connectivity index (χ3n) is 2.69. The highest BCUT2D eigenvalue weighted by Gasteiger charge is 2.17. The lowest BCUT2D eigenvalue weighted by Crippen LogP contribution is -2.30. The van der Waals surface area contributed by atoms with E-state index in [4.69, 9.17) is 11.6 Å². The molecule has 0 spiro atoms. The van der Waals surface area contributed by atoms with Crippen molar-refractivity contribution >= 4 is 23.7 Å². The molecular formula is C11H16ClN3O. The number of aldehydes is 1. The zero-order valence-corrected chi connectivity index (χ0v) is 10.7. The highest BCUT2D eigenvalue weighted by atomic mass is 35.5. The molecule has 16 heavy (non-hydrogen) atoms. The van der Waals surface area contributed by atoms with Gasteiger partial charge in [0.05, 0.1) is 5.56 Å². The molecule has 0 amide bonds. The summed E-state index contributed by atoms with van der Waals surface area (Å²) in [5.74, 6) is 1.17. The summed E-state index contributed by atoms with van der Waals surface area (Å²) in [6.07, 6.45) is 1.67. The van der Waals surface area contributed by atoms with E-state index in [9.17, 15) is 4.79 Å². The largest absolute Gasteiger partial charge is 0.356 e. The summed E-state index contributed by atoms with van der Waals surface area (Å²) >= 11 is 5.92. The normalized spacial score (nSPS) is 12.3. The van der Waals surface area contributed by atoms with E-state index in [2.05, 4.69) is 23.8 Å². The van der Waals surface area contributed by atoms with Crippen molar-refractivity contribution in [3.63, 3.8) is 0 Å².